The van der Waals surface area contributed by atoms with Gasteiger partial charge in [0.2, 0.25) is 0 Å². The van der Waals surface area contributed by atoms with E-state index in [-0.39, 0.29) is 0 Å². The maximum absolute atomic E-state index is 13.5. The molecule has 29 heavy (non-hydrogen) atoms. The van der Waals surface area contributed by atoms with E-state index in [0.29, 0.717) is 31.0 Å². The Morgan fingerprint density at radius 3 is 2.03 bits per heavy atom. The highest BCUT2D eigenvalue weighted by Crippen LogP contribution is 2.33. The quantitative estimate of drug-likeness (QED) is 0.173. The highest BCUT2D eigenvalue weighted by Gasteiger charge is 2.36. The average Bonchev–Trinajstić information content (AvgIpc) is 2.66. The highest BCUT2D eigenvalue weighted by molar-refractivity contribution is 5.91. The van der Waals surface area contributed by atoms with Crippen molar-refractivity contribution in [1.29, 1.82) is 0 Å². The molecule has 2 nitrogen and oxygen atoms in total. The third-order valence-corrected chi connectivity index (χ3v) is 5.04. The molecule has 166 valence electrons. The number of benzene rings is 1. The molecule has 0 spiro atoms. The van der Waals surface area contributed by atoms with E-state index < -0.39 is 35.2 Å². The van der Waals surface area contributed by atoms with Crippen molar-refractivity contribution < 1.29 is 27.1 Å². The lowest BCUT2D eigenvalue weighted by Crippen LogP contribution is -2.21. The Balaban J connectivity index is 2.62. The van der Waals surface area contributed by atoms with E-state index in [1.165, 1.54) is 32.1 Å². The minimum Gasteiger partial charge on any atom is -0.459 e. The zero-order valence-corrected chi connectivity index (χ0v) is 17.6. The summed E-state index contributed by atoms with van der Waals surface area (Å²) in [5, 5.41) is 0. The molecule has 0 saturated carbocycles. The van der Waals surface area contributed by atoms with Crippen LogP contribution in [-0.4, -0.2) is 12.1 Å². The van der Waals surface area contributed by atoms with E-state index in [1.54, 1.807) is 0 Å². The summed E-state index contributed by atoms with van der Waals surface area (Å²) in [5.41, 5.74) is -1.92. The standard InChI is InChI=1S/C23H34F4O2/c1-3-5-7-8-9-10-11-12-14-19(13-6-4-2)29-22(28)20-17-18(24)15-16-21(20)23(25,26)27/h15-17,19H,3-14H2,1-2H3. The van der Waals surface area contributed by atoms with Crippen LogP contribution in [0.1, 0.15) is 107 Å². The summed E-state index contributed by atoms with van der Waals surface area (Å²) in [6.45, 7) is 4.18. The number of halogens is 4. The lowest BCUT2D eigenvalue weighted by atomic mass is 10.0. The molecule has 1 aromatic rings. The molecule has 0 N–H and O–H groups in total. The number of unbranched alkanes of at least 4 members (excludes halogenated alkanes) is 8. The molecule has 1 unspecified atom stereocenters. The summed E-state index contributed by atoms with van der Waals surface area (Å²) in [6.07, 6.45) is 6.90. The van der Waals surface area contributed by atoms with Gasteiger partial charge in [0.15, 0.2) is 0 Å². The Hall–Kier alpha value is -1.59. The Bertz CT molecular complexity index is 599. The molecule has 0 saturated heterocycles. The largest absolute Gasteiger partial charge is 0.459 e. The van der Waals surface area contributed by atoms with E-state index >= 15 is 0 Å². The zero-order chi connectivity index (χ0) is 21.7. The van der Waals surface area contributed by atoms with Crippen LogP contribution in [0.5, 0.6) is 0 Å². The van der Waals surface area contributed by atoms with E-state index in [0.717, 1.165) is 32.1 Å². The smallest absolute Gasteiger partial charge is 0.417 e. The molecule has 0 fully saturated rings. The van der Waals surface area contributed by atoms with Gasteiger partial charge in [0.25, 0.3) is 0 Å². The second kappa shape index (κ2) is 13.6. The molecule has 1 atom stereocenters. The van der Waals surface area contributed by atoms with Crippen LogP contribution in [0.15, 0.2) is 18.2 Å². The first-order valence-electron chi connectivity index (χ1n) is 10.9. The second-order valence-electron chi connectivity index (χ2n) is 7.62. The lowest BCUT2D eigenvalue weighted by Gasteiger charge is -2.19. The molecule has 0 heterocycles. The van der Waals surface area contributed by atoms with Gasteiger partial charge in [-0.25, -0.2) is 9.18 Å². The molecular formula is C23H34F4O2. The van der Waals surface area contributed by atoms with Crippen molar-refractivity contribution >= 4 is 5.97 Å². The predicted octanol–water partition coefficient (Wildman–Crippen LogP) is 8.09. The zero-order valence-electron chi connectivity index (χ0n) is 17.6. The fourth-order valence-electron chi connectivity index (χ4n) is 3.35. The van der Waals surface area contributed by atoms with Crippen molar-refractivity contribution in [3.05, 3.63) is 35.1 Å². The number of rotatable bonds is 14. The minimum atomic E-state index is -4.74. The summed E-state index contributed by atoms with van der Waals surface area (Å²) in [6, 6.07) is 1.90. The number of carbonyl (C=O) groups is 1. The van der Waals surface area contributed by atoms with Crippen LogP contribution in [0.4, 0.5) is 17.6 Å². The SMILES string of the molecule is CCCCCCCCCCC(CCCC)OC(=O)c1cc(F)ccc1C(F)(F)F. The summed E-state index contributed by atoms with van der Waals surface area (Å²) in [5.74, 6) is -1.99. The number of alkyl halides is 3. The maximum Gasteiger partial charge on any atom is 0.417 e. The summed E-state index contributed by atoms with van der Waals surface area (Å²) in [4.78, 5) is 12.4. The van der Waals surface area contributed by atoms with Crippen molar-refractivity contribution in [2.24, 2.45) is 0 Å². The lowest BCUT2D eigenvalue weighted by molar-refractivity contribution is -0.138. The first-order valence-corrected chi connectivity index (χ1v) is 10.9. The molecule has 0 radical (unpaired) electrons. The molecule has 0 amide bonds. The van der Waals surface area contributed by atoms with Gasteiger partial charge in [-0.3, -0.25) is 0 Å². The van der Waals surface area contributed by atoms with Crippen LogP contribution in [-0.2, 0) is 10.9 Å². The van der Waals surface area contributed by atoms with E-state index in [2.05, 4.69) is 6.92 Å². The number of ether oxygens (including phenoxy) is 1. The molecule has 6 heteroatoms. The first-order chi connectivity index (χ1) is 13.8. The fourth-order valence-corrected chi connectivity index (χ4v) is 3.35. The van der Waals surface area contributed by atoms with Crippen LogP contribution in [0.2, 0.25) is 0 Å². The van der Waals surface area contributed by atoms with Crippen LogP contribution in [0, 0.1) is 5.82 Å². The Kier molecular flexibility index (Phi) is 11.9. The second-order valence-corrected chi connectivity index (χ2v) is 7.62. The molecule has 0 aliphatic carbocycles. The van der Waals surface area contributed by atoms with E-state index in [9.17, 15) is 22.4 Å². The number of carbonyl (C=O) groups excluding carboxylic acids is 1. The van der Waals surface area contributed by atoms with Gasteiger partial charge in [-0.05, 0) is 37.5 Å². The summed E-state index contributed by atoms with van der Waals surface area (Å²) < 4.78 is 58.3. The van der Waals surface area contributed by atoms with Crippen molar-refractivity contribution in [2.75, 3.05) is 0 Å². The number of hydrogen-bond acceptors (Lipinski definition) is 2. The summed E-state index contributed by atoms with van der Waals surface area (Å²) >= 11 is 0. The number of esters is 1. The van der Waals surface area contributed by atoms with Crippen molar-refractivity contribution in [1.82, 2.24) is 0 Å². The third kappa shape index (κ3) is 10.1. The molecule has 0 aliphatic rings. The van der Waals surface area contributed by atoms with Crippen LogP contribution in [0.25, 0.3) is 0 Å². The molecule has 0 aliphatic heterocycles. The van der Waals surface area contributed by atoms with Crippen LogP contribution in [0.3, 0.4) is 0 Å². The predicted molar refractivity (Wildman–Crippen MR) is 107 cm³/mol. The van der Waals surface area contributed by atoms with Crippen molar-refractivity contribution in [2.45, 2.75) is 103 Å². The van der Waals surface area contributed by atoms with E-state index in [1.807, 2.05) is 6.92 Å². The Morgan fingerprint density at radius 2 is 1.45 bits per heavy atom. The van der Waals surface area contributed by atoms with Gasteiger partial charge in [-0.1, -0.05) is 71.6 Å². The Morgan fingerprint density at radius 1 is 0.897 bits per heavy atom. The van der Waals surface area contributed by atoms with Gasteiger partial charge in [0.1, 0.15) is 11.9 Å². The molecule has 0 bridgehead atoms. The van der Waals surface area contributed by atoms with Gasteiger partial charge in [-0.15, -0.1) is 0 Å². The third-order valence-electron chi connectivity index (χ3n) is 5.04. The van der Waals surface area contributed by atoms with Crippen LogP contribution >= 0.6 is 0 Å². The number of hydrogen-bond donors (Lipinski definition) is 0. The van der Waals surface area contributed by atoms with Crippen LogP contribution < -0.4 is 0 Å². The summed E-state index contributed by atoms with van der Waals surface area (Å²) in [7, 11) is 0. The van der Waals surface area contributed by atoms with Gasteiger partial charge in [0, 0.05) is 0 Å². The van der Waals surface area contributed by atoms with Crippen molar-refractivity contribution in [3.63, 3.8) is 0 Å². The van der Waals surface area contributed by atoms with Gasteiger partial charge >= 0.3 is 12.1 Å². The highest BCUT2D eigenvalue weighted by atomic mass is 19.4. The minimum absolute atomic E-state index is 0.438. The molecular weight excluding hydrogens is 384 g/mol. The maximum atomic E-state index is 13.5. The fraction of sp³-hybridized carbons (Fsp3) is 0.696. The van der Waals surface area contributed by atoms with Gasteiger partial charge in [-0.2, -0.15) is 13.2 Å². The molecule has 1 rings (SSSR count). The average molecular weight is 419 g/mol. The molecule has 0 aromatic heterocycles. The van der Waals surface area contributed by atoms with Crippen molar-refractivity contribution in [3.8, 4) is 0 Å². The monoisotopic (exact) mass is 418 g/mol. The Labute approximate surface area is 172 Å². The van der Waals surface area contributed by atoms with Gasteiger partial charge in [0.05, 0.1) is 11.1 Å². The first kappa shape index (κ1) is 25.4. The van der Waals surface area contributed by atoms with E-state index in [4.69, 9.17) is 4.74 Å². The normalized spacial score (nSPS) is 12.8. The molecule has 1 aromatic carbocycles. The topological polar surface area (TPSA) is 26.3 Å². The van der Waals surface area contributed by atoms with Gasteiger partial charge < -0.3 is 4.74 Å².